The molecular formula is C19H19ClF3NO4. The standard InChI is InChI=1S/C19H19ClF3NO4/c1-10-11(2)18(26)28-15-7-16(14(20)6-13(10)15)27-9-17(25)24-5-3-4-12(8-24)19(21,22)23/h6-7,12H,3-5,8-9H2,1-2H3. The highest BCUT2D eigenvalue weighted by Gasteiger charge is 2.42. The van der Waals surface area contributed by atoms with Gasteiger partial charge in [0.05, 0.1) is 10.9 Å². The van der Waals surface area contributed by atoms with E-state index in [1.807, 2.05) is 0 Å². The zero-order valence-corrected chi connectivity index (χ0v) is 16.1. The lowest BCUT2D eigenvalue weighted by molar-refractivity contribution is -0.188. The molecule has 2 aromatic rings. The van der Waals surface area contributed by atoms with E-state index in [9.17, 15) is 22.8 Å². The van der Waals surface area contributed by atoms with Crippen LogP contribution >= 0.6 is 11.6 Å². The molecule has 0 bridgehead atoms. The van der Waals surface area contributed by atoms with Gasteiger partial charge in [0, 0.05) is 30.1 Å². The van der Waals surface area contributed by atoms with Crippen LogP contribution in [0.3, 0.4) is 0 Å². The van der Waals surface area contributed by atoms with Gasteiger partial charge in [0.25, 0.3) is 5.91 Å². The van der Waals surface area contributed by atoms with Crippen molar-refractivity contribution in [2.24, 2.45) is 5.92 Å². The van der Waals surface area contributed by atoms with E-state index >= 15 is 0 Å². The first-order valence-electron chi connectivity index (χ1n) is 8.78. The number of halogens is 4. The normalized spacial score (nSPS) is 17.8. The van der Waals surface area contributed by atoms with Crippen LogP contribution in [0.15, 0.2) is 21.3 Å². The molecule has 0 radical (unpaired) electrons. The van der Waals surface area contributed by atoms with E-state index in [1.165, 1.54) is 6.07 Å². The summed E-state index contributed by atoms with van der Waals surface area (Å²) in [4.78, 5) is 25.3. The molecule has 1 fully saturated rings. The van der Waals surface area contributed by atoms with Crippen LogP contribution in [0.2, 0.25) is 5.02 Å². The van der Waals surface area contributed by atoms with E-state index in [2.05, 4.69) is 0 Å². The molecule has 28 heavy (non-hydrogen) atoms. The molecule has 0 aliphatic carbocycles. The summed E-state index contributed by atoms with van der Waals surface area (Å²) in [5.74, 6) is -1.94. The van der Waals surface area contributed by atoms with Crippen molar-refractivity contribution in [2.75, 3.05) is 19.7 Å². The Morgan fingerprint density at radius 3 is 2.71 bits per heavy atom. The number of alkyl halides is 3. The molecule has 0 N–H and O–H groups in total. The molecule has 1 amide bonds. The Bertz CT molecular complexity index is 970. The van der Waals surface area contributed by atoms with Crippen molar-refractivity contribution in [3.63, 3.8) is 0 Å². The number of benzene rings is 1. The van der Waals surface area contributed by atoms with Gasteiger partial charge >= 0.3 is 11.8 Å². The molecular weight excluding hydrogens is 399 g/mol. The van der Waals surface area contributed by atoms with Gasteiger partial charge in [-0.2, -0.15) is 13.2 Å². The molecule has 3 rings (SSSR count). The predicted octanol–water partition coefficient (Wildman–Crippen LogP) is 4.24. The van der Waals surface area contributed by atoms with Gasteiger partial charge in [-0.3, -0.25) is 4.79 Å². The molecule has 1 unspecified atom stereocenters. The molecule has 5 nitrogen and oxygen atoms in total. The molecule has 1 saturated heterocycles. The van der Waals surface area contributed by atoms with Crippen LogP contribution in [0.1, 0.15) is 24.0 Å². The lowest BCUT2D eigenvalue weighted by atomic mass is 9.97. The first-order chi connectivity index (χ1) is 13.1. The summed E-state index contributed by atoms with van der Waals surface area (Å²) in [6.45, 7) is 2.84. The Kier molecular flexibility index (Phi) is 5.61. The zero-order valence-electron chi connectivity index (χ0n) is 15.4. The molecule has 1 aromatic heterocycles. The number of piperidine rings is 1. The highest BCUT2D eigenvalue weighted by Crippen LogP contribution is 2.34. The Labute approximate surface area is 164 Å². The number of hydrogen-bond acceptors (Lipinski definition) is 4. The quantitative estimate of drug-likeness (QED) is 0.701. The highest BCUT2D eigenvalue weighted by molar-refractivity contribution is 6.32. The smallest absolute Gasteiger partial charge is 0.393 e. The third-order valence-corrected chi connectivity index (χ3v) is 5.39. The van der Waals surface area contributed by atoms with Crippen molar-refractivity contribution in [1.29, 1.82) is 0 Å². The number of hydrogen-bond donors (Lipinski definition) is 0. The molecule has 1 atom stereocenters. The fourth-order valence-corrected chi connectivity index (χ4v) is 3.47. The van der Waals surface area contributed by atoms with Crippen LogP contribution in [0, 0.1) is 19.8 Å². The van der Waals surface area contributed by atoms with Gasteiger partial charge in [0.1, 0.15) is 11.3 Å². The summed E-state index contributed by atoms with van der Waals surface area (Å²) in [5, 5.41) is 0.855. The number of ether oxygens (including phenoxy) is 1. The minimum Gasteiger partial charge on any atom is -0.482 e. The molecule has 152 valence electrons. The number of nitrogens with zero attached hydrogens (tertiary/aromatic N) is 1. The minimum atomic E-state index is -4.32. The largest absolute Gasteiger partial charge is 0.482 e. The summed E-state index contributed by atoms with van der Waals surface area (Å²) in [6, 6.07) is 2.98. The van der Waals surface area contributed by atoms with E-state index in [1.54, 1.807) is 19.9 Å². The summed E-state index contributed by atoms with van der Waals surface area (Å²) >= 11 is 6.20. The van der Waals surface area contributed by atoms with Crippen LogP contribution in [-0.4, -0.2) is 36.7 Å². The third kappa shape index (κ3) is 4.11. The summed E-state index contributed by atoms with van der Waals surface area (Å²) in [5.41, 5.74) is 0.968. The predicted molar refractivity (Wildman–Crippen MR) is 97.8 cm³/mol. The lowest BCUT2D eigenvalue weighted by Gasteiger charge is -2.33. The van der Waals surface area contributed by atoms with Crippen LogP contribution < -0.4 is 10.4 Å². The van der Waals surface area contributed by atoms with Crippen LogP contribution in [0.4, 0.5) is 13.2 Å². The van der Waals surface area contributed by atoms with E-state index in [4.69, 9.17) is 20.8 Å². The Morgan fingerprint density at radius 1 is 1.32 bits per heavy atom. The molecule has 0 spiro atoms. The van der Waals surface area contributed by atoms with Crippen molar-refractivity contribution < 1.29 is 27.1 Å². The maximum absolute atomic E-state index is 12.9. The SMILES string of the molecule is Cc1c(C)c2cc(Cl)c(OCC(=O)N3CCCC(C(F)(F)F)C3)cc2oc1=O. The molecule has 0 saturated carbocycles. The number of amides is 1. The van der Waals surface area contributed by atoms with Crippen LogP contribution in [-0.2, 0) is 4.79 Å². The van der Waals surface area contributed by atoms with E-state index in [0.717, 1.165) is 10.5 Å². The van der Waals surface area contributed by atoms with Gasteiger partial charge in [0.15, 0.2) is 6.61 Å². The highest BCUT2D eigenvalue weighted by atomic mass is 35.5. The maximum Gasteiger partial charge on any atom is 0.393 e. The Morgan fingerprint density at radius 2 is 2.04 bits per heavy atom. The van der Waals surface area contributed by atoms with Gasteiger partial charge in [-0.1, -0.05) is 11.6 Å². The average molecular weight is 418 g/mol. The van der Waals surface area contributed by atoms with Crippen molar-refractivity contribution in [1.82, 2.24) is 4.90 Å². The number of aryl methyl sites for hydroxylation is 1. The topological polar surface area (TPSA) is 59.8 Å². The van der Waals surface area contributed by atoms with Gasteiger partial charge in [-0.05, 0) is 38.3 Å². The summed E-state index contributed by atoms with van der Waals surface area (Å²) < 4.78 is 49.4. The van der Waals surface area contributed by atoms with Gasteiger partial charge in [0.2, 0.25) is 0 Å². The molecule has 1 aliphatic rings. The molecule has 1 aliphatic heterocycles. The Balaban J connectivity index is 1.74. The van der Waals surface area contributed by atoms with Crippen molar-refractivity contribution in [3.05, 3.63) is 38.7 Å². The fraction of sp³-hybridized carbons (Fsp3) is 0.474. The van der Waals surface area contributed by atoms with Crippen LogP contribution in [0.25, 0.3) is 11.0 Å². The third-order valence-electron chi connectivity index (χ3n) is 5.10. The number of rotatable bonds is 3. The fourth-order valence-electron chi connectivity index (χ4n) is 3.26. The second-order valence-corrected chi connectivity index (χ2v) is 7.33. The summed E-state index contributed by atoms with van der Waals surface area (Å²) in [7, 11) is 0. The van der Waals surface area contributed by atoms with Crippen molar-refractivity contribution in [2.45, 2.75) is 32.9 Å². The van der Waals surface area contributed by atoms with Crippen LogP contribution in [0.5, 0.6) is 5.75 Å². The van der Waals surface area contributed by atoms with Crippen molar-refractivity contribution in [3.8, 4) is 5.75 Å². The lowest BCUT2D eigenvalue weighted by Crippen LogP contribution is -2.46. The first kappa shape index (κ1) is 20.5. The molecule has 2 heterocycles. The number of fused-ring (bicyclic) bond motifs is 1. The molecule has 1 aromatic carbocycles. The average Bonchev–Trinajstić information content (AvgIpc) is 2.64. The van der Waals surface area contributed by atoms with Gasteiger partial charge in [-0.15, -0.1) is 0 Å². The van der Waals surface area contributed by atoms with Gasteiger partial charge in [-0.25, -0.2) is 4.79 Å². The molecule has 9 heteroatoms. The second kappa shape index (κ2) is 7.66. The van der Waals surface area contributed by atoms with E-state index < -0.39 is 30.2 Å². The van der Waals surface area contributed by atoms with E-state index in [0.29, 0.717) is 10.9 Å². The summed E-state index contributed by atoms with van der Waals surface area (Å²) in [6.07, 6.45) is -4.02. The second-order valence-electron chi connectivity index (χ2n) is 6.93. The first-order valence-corrected chi connectivity index (χ1v) is 9.16. The monoisotopic (exact) mass is 417 g/mol. The Hall–Kier alpha value is -2.22. The van der Waals surface area contributed by atoms with Gasteiger partial charge < -0.3 is 14.1 Å². The number of carbonyl (C=O) groups is 1. The zero-order chi connectivity index (χ0) is 20.6. The minimum absolute atomic E-state index is 0.0163. The van der Waals surface area contributed by atoms with E-state index in [-0.39, 0.29) is 42.3 Å². The van der Waals surface area contributed by atoms with Crippen molar-refractivity contribution >= 4 is 28.5 Å². The number of carbonyl (C=O) groups excluding carboxylic acids is 1. The number of likely N-dealkylation sites (tertiary alicyclic amines) is 1. The maximum atomic E-state index is 12.9.